The zero-order chi connectivity index (χ0) is 37.2. The van der Waals surface area contributed by atoms with E-state index >= 15 is 0 Å². The molecule has 3 rings (SSSR count). The number of ether oxygens (including phenoxy) is 5. The maximum absolute atomic E-state index is 7.38. The van der Waals surface area contributed by atoms with E-state index in [1.807, 2.05) is 12.1 Å². The van der Waals surface area contributed by atoms with Gasteiger partial charge in [0.05, 0.1) is 45.2 Å². The first-order chi connectivity index (χ1) is 23.6. The van der Waals surface area contributed by atoms with Crippen LogP contribution in [0, 0.1) is 10.8 Å². The smallest absolute Gasteiger partial charge is 0.200 e. The van der Waals surface area contributed by atoms with Gasteiger partial charge in [-0.3, -0.25) is 0 Å². The minimum absolute atomic E-state index is 0.00153. The first-order valence-corrected chi connectivity index (χ1v) is 24.3. The number of rotatable bonds is 20. The normalized spacial score (nSPS) is 25.3. The lowest BCUT2D eigenvalue weighted by Crippen LogP contribution is -2.59. The van der Waals surface area contributed by atoms with Crippen molar-refractivity contribution in [3.63, 3.8) is 0 Å². The summed E-state index contributed by atoms with van der Waals surface area (Å²) < 4.78 is 46.1. The Morgan fingerprint density at radius 2 is 1.44 bits per heavy atom. The molecule has 2 fully saturated rings. The Kier molecular flexibility index (Phi) is 16.8. The minimum atomic E-state index is -2.17. The Labute approximate surface area is 308 Å². The summed E-state index contributed by atoms with van der Waals surface area (Å²) in [7, 11) is -2.09. The Hall–Kier alpha value is -1.05. The van der Waals surface area contributed by atoms with Crippen LogP contribution >= 0.6 is 0 Å². The fourth-order valence-electron chi connectivity index (χ4n) is 8.39. The third-order valence-corrected chi connectivity index (χ3v) is 22.7. The number of benzene rings is 1. The summed E-state index contributed by atoms with van der Waals surface area (Å²) in [5.41, 5.74) is 2.13. The molecule has 288 valence electrons. The van der Waals surface area contributed by atoms with Crippen LogP contribution in [0.15, 0.2) is 36.4 Å². The molecule has 0 N–H and O–H groups in total. The van der Waals surface area contributed by atoms with E-state index < -0.39 is 22.0 Å². The maximum atomic E-state index is 7.38. The van der Waals surface area contributed by atoms with Crippen molar-refractivity contribution in [2.45, 2.75) is 168 Å². The summed E-state index contributed by atoms with van der Waals surface area (Å²) in [6.07, 6.45) is 6.04. The van der Waals surface area contributed by atoms with Gasteiger partial charge in [0.1, 0.15) is 5.75 Å². The summed E-state index contributed by atoms with van der Waals surface area (Å²) in [6, 6.07) is 11.7. The molecular formula is C41H74O7Si2. The van der Waals surface area contributed by atoms with Gasteiger partial charge in [0.2, 0.25) is 0 Å². The van der Waals surface area contributed by atoms with Crippen LogP contribution < -0.4 is 4.74 Å². The highest BCUT2D eigenvalue weighted by atomic mass is 28.4. The molecule has 2 heterocycles. The van der Waals surface area contributed by atoms with Gasteiger partial charge in [-0.05, 0) is 58.9 Å². The van der Waals surface area contributed by atoms with Crippen LogP contribution in [0.4, 0.5) is 0 Å². The fraction of sp³-hybridized carbons (Fsp3) is 0.805. The third kappa shape index (κ3) is 11.0. The van der Waals surface area contributed by atoms with E-state index in [2.05, 4.69) is 107 Å². The first-order valence-electron chi connectivity index (χ1n) is 19.7. The van der Waals surface area contributed by atoms with Crippen molar-refractivity contribution in [3.8, 4) is 5.75 Å². The molecule has 4 atom stereocenters. The van der Waals surface area contributed by atoms with Gasteiger partial charge >= 0.3 is 0 Å². The Morgan fingerprint density at radius 3 is 1.96 bits per heavy atom. The summed E-state index contributed by atoms with van der Waals surface area (Å²) in [5, 5.41) is 0. The van der Waals surface area contributed by atoms with Crippen LogP contribution in [-0.4, -0.2) is 74.8 Å². The predicted octanol–water partition coefficient (Wildman–Crippen LogP) is 10.7. The summed E-state index contributed by atoms with van der Waals surface area (Å²) in [4.78, 5) is 0. The van der Waals surface area contributed by atoms with E-state index in [0.29, 0.717) is 49.5 Å². The lowest BCUT2D eigenvalue weighted by Gasteiger charge is -2.52. The molecule has 0 saturated carbocycles. The highest BCUT2D eigenvalue weighted by Crippen LogP contribution is 2.47. The molecule has 50 heavy (non-hydrogen) atoms. The van der Waals surface area contributed by atoms with Crippen LogP contribution in [0.25, 0.3) is 0 Å². The molecule has 0 aliphatic carbocycles. The second-order valence-corrected chi connectivity index (χ2v) is 27.2. The van der Waals surface area contributed by atoms with Gasteiger partial charge < -0.3 is 32.5 Å². The molecule has 0 bridgehead atoms. The zero-order valence-electron chi connectivity index (χ0n) is 34.1. The van der Waals surface area contributed by atoms with E-state index in [4.69, 9.17) is 32.5 Å². The highest BCUT2D eigenvalue weighted by molar-refractivity contribution is 6.77. The van der Waals surface area contributed by atoms with E-state index in [0.717, 1.165) is 30.8 Å². The molecule has 0 amide bonds. The van der Waals surface area contributed by atoms with Crippen molar-refractivity contribution in [2.75, 3.05) is 33.5 Å². The predicted molar refractivity (Wildman–Crippen MR) is 211 cm³/mol. The van der Waals surface area contributed by atoms with Crippen LogP contribution in [-0.2, 0) is 34.4 Å². The minimum Gasteiger partial charge on any atom is -0.497 e. The standard InChI is InChI=1S/C41H74O7Si2/c1-14-49(15-2,16-3)46-24-18-17-19-36-25-37(43-27-34-20-22-35(42-13)23-21-34)41(12,30-47-50(31(4)5,32(6)7)33(8)9)38(48-36)26-39-44-28-40(10,11)29-45-39/h17,19-23,31-33,36-39H,14-16,18,24-30H2,1-13H3/b19-17+/t36-,37-,38+,41-/m0/s1. The van der Waals surface area contributed by atoms with Gasteiger partial charge in [0.25, 0.3) is 0 Å². The van der Waals surface area contributed by atoms with Gasteiger partial charge in [0, 0.05) is 36.9 Å². The van der Waals surface area contributed by atoms with Crippen molar-refractivity contribution in [3.05, 3.63) is 42.0 Å². The molecular weight excluding hydrogens is 661 g/mol. The quantitative estimate of drug-likeness (QED) is 0.0751. The molecule has 0 unspecified atom stereocenters. The number of methoxy groups -OCH3 is 1. The van der Waals surface area contributed by atoms with Crippen LogP contribution in [0.1, 0.15) is 108 Å². The van der Waals surface area contributed by atoms with Crippen molar-refractivity contribution in [2.24, 2.45) is 10.8 Å². The van der Waals surface area contributed by atoms with Gasteiger partial charge in [-0.1, -0.05) is 107 Å². The van der Waals surface area contributed by atoms with E-state index in [9.17, 15) is 0 Å². The molecule has 2 aliphatic heterocycles. The Morgan fingerprint density at radius 1 is 0.860 bits per heavy atom. The number of hydrogen-bond donors (Lipinski definition) is 0. The second-order valence-electron chi connectivity index (χ2n) is 16.9. The van der Waals surface area contributed by atoms with Crippen LogP contribution in [0.5, 0.6) is 5.75 Å². The summed E-state index contributed by atoms with van der Waals surface area (Å²) in [6.45, 7) is 30.9. The third-order valence-electron chi connectivity index (χ3n) is 11.9. The van der Waals surface area contributed by atoms with Crippen molar-refractivity contribution in [1.29, 1.82) is 0 Å². The van der Waals surface area contributed by atoms with E-state index in [1.54, 1.807) is 7.11 Å². The van der Waals surface area contributed by atoms with Gasteiger partial charge in [-0.15, -0.1) is 0 Å². The molecule has 1 aromatic carbocycles. The van der Waals surface area contributed by atoms with Crippen LogP contribution in [0.2, 0.25) is 34.8 Å². The molecule has 7 nitrogen and oxygen atoms in total. The topological polar surface area (TPSA) is 64.6 Å². The monoisotopic (exact) mass is 734 g/mol. The van der Waals surface area contributed by atoms with Crippen molar-refractivity contribution < 1.29 is 32.5 Å². The highest BCUT2D eigenvalue weighted by Gasteiger charge is 2.53. The first kappa shape index (κ1) is 43.4. The van der Waals surface area contributed by atoms with Gasteiger partial charge in [-0.2, -0.15) is 0 Å². The average Bonchev–Trinajstić information content (AvgIpc) is 3.08. The zero-order valence-corrected chi connectivity index (χ0v) is 36.1. The van der Waals surface area contributed by atoms with Crippen LogP contribution in [0.3, 0.4) is 0 Å². The molecule has 0 radical (unpaired) electrons. The van der Waals surface area contributed by atoms with E-state index in [1.165, 1.54) is 18.1 Å². The Balaban J connectivity index is 1.94. The molecule has 1 aromatic rings. The molecule has 9 heteroatoms. The second kappa shape index (κ2) is 19.3. The fourth-order valence-corrected chi connectivity index (χ4v) is 16.6. The summed E-state index contributed by atoms with van der Waals surface area (Å²) in [5.74, 6) is 0.844. The average molecular weight is 735 g/mol. The van der Waals surface area contributed by atoms with Crippen molar-refractivity contribution in [1.82, 2.24) is 0 Å². The molecule has 0 spiro atoms. The Bertz CT molecular complexity index is 1110. The largest absolute Gasteiger partial charge is 0.497 e. The SMILES string of the molecule is CC[Si](CC)(CC)OCC/C=C/[C@H]1C[C@H](OCc2ccc(OC)cc2)[C@](C)(CO[Si](C(C)C)(C(C)C)C(C)C)[C@@H](CC2OCC(C)(C)CO2)O1. The maximum Gasteiger partial charge on any atom is 0.200 e. The summed E-state index contributed by atoms with van der Waals surface area (Å²) >= 11 is 0. The molecule has 0 aromatic heterocycles. The van der Waals surface area contributed by atoms with Gasteiger partial charge in [0.15, 0.2) is 22.9 Å². The van der Waals surface area contributed by atoms with E-state index in [-0.39, 0.29) is 30.0 Å². The molecule has 2 aliphatic rings. The molecule has 2 saturated heterocycles. The van der Waals surface area contributed by atoms with Gasteiger partial charge in [-0.25, -0.2) is 0 Å². The lowest BCUT2D eigenvalue weighted by molar-refractivity contribution is -0.260. The van der Waals surface area contributed by atoms with Crippen molar-refractivity contribution >= 4 is 16.6 Å². The lowest BCUT2D eigenvalue weighted by atomic mass is 9.73. The number of hydrogen-bond acceptors (Lipinski definition) is 7.